The SMILES string of the molecule is CCCCCCCC[C@@H]1CO[C@@H](c2ccc(OC(=O)c3ccccc3-c3ccc([C@@H]4OC[C@@H](CCCCCCCC)C(C)O4)c(F)c3F)cc2)OC1C. The van der Waals surface area contributed by atoms with Crippen LogP contribution in [0.5, 0.6) is 5.75 Å². The van der Waals surface area contributed by atoms with Crippen LogP contribution in [0.15, 0.2) is 60.7 Å². The molecule has 290 valence electrons. The number of carbonyl (C=O) groups is 1. The smallest absolute Gasteiger partial charge is 0.344 e. The third-order valence-electron chi connectivity index (χ3n) is 11.0. The number of halogens is 2. The van der Waals surface area contributed by atoms with Crippen molar-refractivity contribution in [2.75, 3.05) is 13.2 Å². The van der Waals surface area contributed by atoms with E-state index in [9.17, 15) is 4.79 Å². The number of unbranched alkanes of at least 4 members (excludes halogenated alkanes) is 10. The normalized spacial score (nSPS) is 23.2. The van der Waals surface area contributed by atoms with Crippen LogP contribution in [-0.2, 0) is 18.9 Å². The van der Waals surface area contributed by atoms with Gasteiger partial charge in [0, 0.05) is 28.5 Å². The molecule has 0 aliphatic carbocycles. The lowest BCUT2D eigenvalue weighted by atomic mass is 9.95. The van der Waals surface area contributed by atoms with E-state index in [1.807, 2.05) is 19.1 Å². The molecular formula is C45H60F2O6. The second-order valence-corrected chi connectivity index (χ2v) is 15.0. The van der Waals surface area contributed by atoms with Gasteiger partial charge in [0.15, 0.2) is 24.2 Å². The summed E-state index contributed by atoms with van der Waals surface area (Å²) in [5, 5.41) is 0. The van der Waals surface area contributed by atoms with Crippen molar-refractivity contribution in [3.63, 3.8) is 0 Å². The Balaban J connectivity index is 1.16. The number of esters is 1. The first-order chi connectivity index (χ1) is 25.8. The minimum Gasteiger partial charge on any atom is -0.423 e. The molecule has 0 bridgehead atoms. The van der Waals surface area contributed by atoms with E-state index < -0.39 is 30.2 Å². The zero-order valence-electron chi connectivity index (χ0n) is 32.3. The molecule has 0 saturated carbocycles. The van der Waals surface area contributed by atoms with Crippen molar-refractivity contribution in [2.45, 2.75) is 142 Å². The summed E-state index contributed by atoms with van der Waals surface area (Å²) in [6.45, 7) is 9.60. The monoisotopic (exact) mass is 734 g/mol. The predicted molar refractivity (Wildman–Crippen MR) is 205 cm³/mol. The van der Waals surface area contributed by atoms with Crippen molar-refractivity contribution in [3.8, 4) is 16.9 Å². The fourth-order valence-electron chi connectivity index (χ4n) is 7.44. The summed E-state index contributed by atoms with van der Waals surface area (Å²) in [7, 11) is 0. The van der Waals surface area contributed by atoms with Crippen LogP contribution >= 0.6 is 0 Å². The Morgan fingerprint density at radius 3 is 1.79 bits per heavy atom. The number of hydrogen-bond donors (Lipinski definition) is 0. The van der Waals surface area contributed by atoms with Crippen LogP contribution in [0.25, 0.3) is 11.1 Å². The Hall–Kier alpha value is -3.17. The van der Waals surface area contributed by atoms with E-state index in [0.29, 0.717) is 24.9 Å². The average molecular weight is 735 g/mol. The maximum absolute atomic E-state index is 15.8. The highest BCUT2D eigenvalue weighted by atomic mass is 19.2. The Morgan fingerprint density at radius 1 is 0.642 bits per heavy atom. The number of carbonyl (C=O) groups excluding carboxylic acids is 1. The van der Waals surface area contributed by atoms with Crippen LogP contribution < -0.4 is 4.74 Å². The summed E-state index contributed by atoms with van der Waals surface area (Å²) in [6.07, 6.45) is 15.4. The molecule has 0 radical (unpaired) electrons. The van der Waals surface area contributed by atoms with Crippen molar-refractivity contribution >= 4 is 5.97 Å². The molecule has 2 fully saturated rings. The first-order valence-corrected chi connectivity index (χ1v) is 20.2. The lowest BCUT2D eigenvalue weighted by molar-refractivity contribution is -0.238. The molecule has 53 heavy (non-hydrogen) atoms. The summed E-state index contributed by atoms with van der Waals surface area (Å²) >= 11 is 0. The van der Waals surface area contributed by atoms with Crippen LogP contribution in [0.1, 0.15) is 152 Å². The standard InChI is InChI=1S/C45H60F2O6/c1-5-7-9-11-13-15-19-34-29-49-44(51-31(34)3)33-23-25-36(26-24-33)53-43(48)39-22-18-17-21-37(39)38-27-28-40(42(47)41(38)46)45-50-30-35(32(4)52-45)20-16-14-12-10-8-6-2/h17-18,21-28,31-32,34-35,44-45H,5-16,19-20,29-30H2,1-4H3/t31?,32?,34-,35-,44-,45-/m1/s1. The van der Waals surface area contributed by atoms with E-state index in [0.717, 1.165) is 24.8 Å². The van der Waals surface area contributed by atoms with E-state index >= 15 is 8.78 Å². The fourth-order valence-corrected chi connectivity index (χ4v) is 7.44. The van der Waals surface area contributed by atoms with Crippen molar-refractivity contribution < 1.29 is 37.3 Å². The van der Waals surface area contributed by atoms with Crippen LogP contribution in [0.4, 0.5) is 8.78 Å². The molecule has 0 amide bonds. The van der Waals surface area contributed by atoms with E-state index in [1.165, 1.54) is 82.8 Å². The minimum absolute atomic E-state index is 0.00454. The molecule has 5 rings (SSSR count). The van der Waals surface area contributed by atoms with Crippen LogP contribution in [-0.4, -0.2) is 31.4 Å². The zero-order valence-corrected chi connectivity index (χ0v) is 32.3. The molecule has 6 atom stereocenters. The van der Waals surface area contributed by atoms with Gasteiger partial charge < -0.3 is 23.7 Å². The molecule has 2 unspecified atom stereocenters. The highest BCUT2D eigenvalue weighted by molar-refractivity contribution is 5.98. The van der Waals surface area contributed by atoms with Gasteiger partial charge in [0.05, 0.1) is 31.0 Å². The largest absolute Gasteiger partial charge is 0.423 e. The maximum Gasteiger partial charge on any atom is 0.344 e. The lowest BCUT2D eigenvalue weighted by Gasteiger charge is -2.35. The van der Waals surface area contributed by atoms with Gasteiger partial charge in [-0.1, -0.05) is 133 Å². The molecule has 0 spiro atoms. The fraction of sp³-hybridized carbons (Fsp3) is 0.578. The second-order valence-electron chi connectivity index (χ2n) is 15.0. The summed E-state index contributed by atoms with van der Waals surface area (Å²) in [5.74, 6) is -1.91. The van der Waals surface area contributed by atoms with Crippen molar-refractivity contribution in [3.05, 3.63) is 89.0 Å². The molecule has 2 heterocycles. The highest BCUT2D eigenvalue weighted by Crippen LogP contribution is 2.37. The number of benzene rings is 3. The molecule has 6 nitrogen and oxygen atoms in total. The maximum atomic E-state index is 15.8. The molecular weight excluding hydrogens is 674 g/mol. The van der Waals surface area contributed by atoms with E-state index in [1.54, 1.807) is 36.4 Å². The topological polar surface area (TPSA) is 63.2 Å². The third kappa shape index (κ3) is 11.4. The van der Waals surface area contributed by atoms with Crippen molar-refractivity contribution in [2.24, 2.45) is 11.8 Å². The Labute approximate surface area is 315 Å². The van der Waals surface area contributed by atoms with Crippen molar-refractivity contribution in [1.82, 2.24) is 0 Å². The van der Waals surface area contributed by atoms with Gasteiger partial charge in [0.25, 0.3) is 0 Å². The molecule has 2 saturated heterocycles. The third-order valence-corrected chi connectivity index (χ3v) is 11.0. The van der Waals surface area contributed by atoms with E-state index in [4.69, 9.17) is 23.7 Å². The van der Waals surface area contributed by atoms with Gasteiger partial charge in [-0.15, -0.1) is 0 Å². The van der Waals surface area contributed by atoms with Gasteiger partial charge >= 0.3 is 5.97 Å². The highest BCUT2D eigenvalue weighted by Gasteiger charge is 2.33. The molecule has 0 N–H and O–H groups in total. The van der Waals surface area contributed by atoms with Crippen LogP contribution in [0.2, 0.25) is 0 Å². The molecule has 3 aromatic rings. The number of rotatable bonds is 19. The molecule has 2 aliphatic rings. The average Bonchev–Trinajstić information content (AvgIpc) is 3.17. The minimum atomic E-state index is -1.07. The second kappa shape index (κ2) is 21.1. The van der Waals surface area contributed by atoms with Gasteiger partial charge in [-0.05, 0) is 50.5 Å². The quantitative estimate of drug-likeness (QED) is 0.0694. The summed E-state index contributed by atoms with van der Waals surface area (Å²) in [6, 6.07) is 16.4. The van der Waals surface area contributed by atoms with Gasteiger partial charge in [0.1, 0.15) is 5.75 Å². The van der Waals surface area contributed by atoms with Gasteiger partial charge in [-0.3, -0.25) is 0 Å². The van der Waals surface area contributed by atoms with Crippen molar-refractivity contribution in [1.29, 1.82) is 0 Å². The van der Waals surface area contributed by atoms with Gasteiger partial charge in [-0.2, -0.15) is 0 Å². The molecule has 3 aromatic carbocycles. The first-order valence-electron chi connectivity index (χ1n) is 20.2. The Kier molecular flexibility index (Phi) is 16.3. The van der Waals surface area contributed by atoms with Crippen LogP contribution in [0.3, 0.4) is 0 Å². The first kappa shape index (κ1) is 41.0. The van der Waals surface area contributed by atoms with Crippen LogP contribution in [0, 0.1) is 23.5 Å². The Morgan fingerprint density at radius 2 is 1.19 bits per heavy atom. The lowest BCUT2D eigenvalue weighted by Crippen LogP contribution is -2.34. The van der Waals surface area contributed by atoms with Gasteiger partial charge in [-0.25, -0.2) is 13.6 Å². The number of hydrogen-bond acceptors (Lipinski definition) is 6. The summed E-state index contributed by atoms with van der Waals surface area (Å²) in [4.78, 5) is 13.4. The predicted octanol–water partition coefficient (Wildman–Crippen LogP) is 12.5. The van der Waals surface area contributed by atoms with E-state index in [2.05, 4.69) is 20.8 Å². The van der Waals surface area contributed by atoms with E-state index in [-0.39, 0.29) is 40.4 Å². The summed E-state index contributed by atoms with van der Waals surface area (Å²) in [5.41, 5.74) is 1.13. The summed E-state index contributed by atoms with van der Waals surface area (Å²) < 4.78 is 61.4. The zero-order chi connectivity index (χ0) is 37.6. The molecule has 8 heteroatoms. The Bertz CT molecular complexity index is 1560. The number of ether oxygens (including phenoxy) is 5. The molecule has 2 aliphatic heterocycles. The molecule has 0 aromatic heterocycles. The van der Waals surface area contributed by atoms with Gasteiger partial charge in [0.2, 0.25) is 0 Å².